The fourth-order valence-corrected chi connectivity index (χ4v) is 1.93. The Morgan fingerprint density at radius 3 is 2.94 bits per heavy atom. The van der Waals surface area contributed by atoms with Crippen LogP contribution in [-0.4, -0.2) is 24.7 Å². The molecule has 0 radical (unpaired) electrons. The van der Waals surface area contributed by atoms with Gasteiger partial charge in [0.25, 0.3) is 5.69 Å². The zero-order valence-corrected chi connectivity index (χ0v) is 10.1. The highest BCUT2D eigenvalue weighted by atomic mass is 16.6. The van der Waals surface area contributed by atoms with Crippen molar-refractivity contribution in [3.63, 3.8) is 0 Å². The maximum atomic E-state index is 10.8. The average Bonchev–Trinajstić information content (AvgIpc) is 2.40. The molecule has 0 saturated carbocycles. The predicted octanol–water partition coefficient (Wildman–Crippen LogP) is 2.74. The molecule has 5 nitrogen and oxygen atoms in total. The number of rotatable bonds is 5. The Balaban J connectivity index is 1.90. The van der Waals surface area contributed by atoms with Gasteiger partial charge in [-0.05, 0) is 18.9 Å². The Kier molecular flexibility index (Phi) is 4.30. The molecule has 0 bridgehead atoms. The molecule has 0 atom stereocenters. The first-order valence-corrected chi connectivity index (χ1v) is 6.00. The maximum absolute atomic E-state index is 10.8. The number of para-hydroxylation sites is 2. The van der Waals surface area contributed by atoms with Gasteiger partial charge in [-0.2, -0.15) is 0 Å². The number of ether oxygens (including phenoxy) is 1. The molecular weight excluding hydrogens is 232 g/mol. The van der Waals surface area contributed by atoms with Crippen molar-refractivity contribution in [1.82, 2.24) is 0 Å². The van der Waals surface area contributed by atoms with Gasteiger partial charge >= 0.3 is 0 Å². The quantitative estimate of drug-likeness (QED) is 0.494. The van der Waals surface area contributed by atoms with Gasteiger partial charge in [-0.1, -0.05) is 23.8 Å². The van der Waals surface area contributed by atoms with E-state index >= 15 is 0 Å². The molecule has 5 heteroatoms. The molecular formula is C13H16N2O3. The summed E-state index contributed by atoms with van der Waals surface area (Å²) in [5.74, 6) is 0. The molecule has 2 rings (SSSR count). The topological polar surface area (TPSA) is 64.4 Å². The number of nitrogens with one attached hydrogen (secondary N) is 1. The van der Waals surface area contributed by atoms with Gasteiger partial charge in [0.2, 0.25) is 0 Å². The second-order valence-corrected chi connectivity index (χ2v) is 4.14. The van der Waals surface area contributed by atoms with Crippen LogP contribution in [0.1, 0.15) is 12.8 Å². The fourth-order valence-electron chi connectivity index (χ4n) is 1.93. The third-order valence-electron chi connectivity index (χ3n) is 2.92. The first-order valence-electron chi connectivity index (χ1n) is 6.00. The maximum Gasteiger partial charge on any atom is 0.292 e. The number of hydrogen-bond donors (Lipinski definition) is 1. The normalized spacial score (nSPS) is 15.0. The zero-order valence-electron chi connectivity index (χ0n) is 10.1. The summed E-state index contributed by atoms with van der Waals surface area (Å²) in [7, 11) is 0. The second-order valence-electron chi connectivity index (χ2n) is 4.14. The Bertz CT molecular complexity index is 457. The molecule has 0 unspecified atom stereocenters. The highest BCUT2D eigenvalue weighted by Crippen LogP contribution is 2.23. The largest absolute Gasteiger partial charge is 0.379 e. The van der Waals surface area contributed by atoms with Gasteiger partial charge in [0.15, 0.2) is 0 Å². The summed E-state index contributed by atoms with van der Waals surface area (Å²) in [6, 6.07) is 6.71. The number of hydrogen-bond acceptors (Lipinski definition) is 4. The van der Waals surface area contributed by atoms with Crippen LogP contribution in [0.4, 0.5) is 11.4 Å². The standard InChI is InChI=1S/C13H16N2O3/c16-15(17)13-4-2-1-3-12(13)14-8-5-11-6-9-18-10-7-11/h1-4,6,14H,5,7-10H2. The van der Waals surface area contributed by atoms with Crippen molar-refractivity contribution in [3.05, 3.63) is 46.0 Å². The Morgan fingerprint density at radius 1 is 1.39 bits per heavy atom. The molecule has 0 spiro atoms. The SMILES string of the molecule is O=[N+]([O-])c1ccccc1NCCC1=CCOCC1. The molecule has 0 aliphatic carbocycles. The summed E-state index contributed by atoms with van der Waals surface area (Å²) in [5, 5.41) is 13.9. The smallest absolute Gasteiger partial charge is 0.292 e. The highest BCUT2D eigenvalue weighted by molar-refractivity contribution is 5.61. The number of nitro benzene ring substituents is 1. The molecule has 96 valence electrons. The van der Waals surface area contributed by atoms with Gasteiger partial charge in [-0.3, -0.25) is 10.1 Å². The van der Waals surface area contributed by atoms with Crippen molar-refractivity contribution in [3.8, 4) is 0 Å². The molecule has 0 fully saturated rings. The predicted molar refractivity (Wildman–Crippen MR) is 69.7 cm³/mol. The van der Waals surface area contributed by atoms with Gasteiger partial charge in [0.1, 0.15) is 5.69 Å². The molecule has 0 amide bonds. The monoisotopic (exact) mass is 248 g/mol. The van der Waals surface area contributed by atoms with Crippen LogP contribution in [-0.2, 0) is 4.74 Å². The van der Waals surface area contributed by atoms with Crippen molar-refractivity contribution in [1.29, 1.82) is 0 Å². The second kappa shape index (κ2) is 6.16. The molecule has 0 saturated heterocycles. The summed E-state index contributed by atoms with van der Waals surface area (Å²) >= 11 is 0. The van der Waals surface area contributed by atoms with E-state index < -0.39 is 0 Å². The van der Waals surface area contributed by atoms with E-state index in [2.05, 4.69) is 11.4 Å². The summed E-state index contributed by atoms with van der Waals surface area (Å²) in [5.41, 5.74) is 2.06. The molecule has 1 aliphatic rings. The lowest BCUT2D eigenvalue weighted by Crippen LogP contribution is -2.09. The first kappa shape index (κ1) is 12.6. The van der Waals surface area contributed by atoms with Crippen LogP contribution in [0.25, 0.3) is 0 Å². The van der Waals surface area contributed by atoms with Gasteiger partial charge < -0.3 is 10.1 Å². The first-order chi connectivity index (χ1) is 8.77. The molecule has 0 aromatic heterocycles. The molecule has 18 heavy (non-hydrogen) atoms. The molecule has 1 heterocycles. The van der Waals surface area contributed by atoms with E-state index in [9.17, 15) is 10.1 Å². The van der Waals surface area contributed by atoms with Crippen molar-refractivity contribution in [2.45, 2.75) is 12.8 Å². The van der Waals surface area contributed by atoms with E-state index in [1.165, 1.54) is 11.6 Å². The van der Waals surface area contributed by atoms with Gasteiger partial charge in [0, 0.05) is 12.6 Å². The van der Waals surface area contributed by atoms with Crippen molar-refractivity contribution < 1.29 is 9.66 Å². The van der Waals surface area contributed by atoms with Crippen LogP contribution < -0.4 is 5.32 Å². The number of nitrogens with zero attached hydrogens (tertiary/aromatic N) is 1. The Hall–Kier alpha value is -1.88. The lowest BCUT2D eigenvalue weighted by atomic mass is 10.1. The van der Waals surface area contributed by atoms with Crippen LogP contribution >= 0.6 is 0 Å². The van der Waals surface area contributed by atoms with E-state index in [1.807, 2.05) is 0 Å². The van der Waals surface area contributed by atoms with Crippen LogP contribution in [0.3, 0.4) is 0 Å². The van der Waals surface area contributed by atoms with Crippen LogP contribution in [0.15, 0.2) is 35.9 Å². The van der Waals surface area contributed by atoms with Crippen LogP contribution in [0.2, 0.25) is 0 Å². The minimum absolute atomic E-state index is 0.124. The van der Waals surface area contributed by atoms with Gasteiger partial charge in [-0.15, -0.1) is 0 Å². The number of nitro groups is 1. The summed E-state index contributed by atoms with van der Waals surface area (Å²) in [4.78, 5) is 10.5. The van der Waals surface area contributed by atoms with E-state index in [0.717, 1.165) is 19.4 Å². The third kappa shape index (κ3) is 3.30. The highest BCUT2D eigenvalue weighted by Gasteiger charge is 2.11. The van der Waals surface area contributed by atoms with Crippen molar-refractivity contribution in [2.24, 2.45) is 0 Å². The fraction of sp³-hybridized carbons (Fsp3) is 0.385. The molecule has 1 aromatic carbocycles. The Labute approximate surface area is 106 Å². The van der Waals surface area contributed by atoms with Crippen molar-refractivity contribution >= 4 is 11.4 Å². The number of benzene rings is 1. The molecule has 1 N–H and O–H groups in total. The molecule has 1 aromatic rings. The number of anilines is 1. The zero-order chi connectivity index (χ0) is 12.8. The summed E-state index contributed by atoms with van der Waals surface area (Å²) in [6.07, 6.45) is 3.94. The lowest BCUT2D eigenvalue weighted by Gasteiger charge is -2.14. The summed E-state index contributed by atoms with van der Waals surface area (Å²) in [6.45, 7) is 2.16. The lowest BCUT2D eigenvalue weighted by molar-refractivity contribution is -0.384. The Morgan fingerprint density at radius 2 is 2.22 bits per heavy atom. The van der Waals surface area contributed by atoms with E-state index in [4.69, 9.17) is 4.74 Å². The van der Waals surface area contributed by atoms with Crippen LogP contribution in [0, 0.1) is 10.1 Å². The van der Waals surface area contributed by atoms with Crippen LogP contribution in [0.5, 0.6) is 0 Å². The third-order valence-corrected chi connectivity index (χ3v) is 2.92. The molecule has 1 aliphatic heterocycles. The summed E-state index contributed by atoms with van der Waals surface area (Å²) < 4.78 is 5.23. The van der Waals surface area contributed by atoms with Gasteiger partial charge in [-0.25, -0.2) is 0 Å². The minimum Gasteiger partial charge on any atom is -0.379 e. The van der Waals surface area contributed by atoms with Gasteiger partial charge in [0.05, 0.1) is 18.1 Å². The van der Waals surface area contributed by atoms with E-state index in [-0.39, 0.29) is 10.6 Å². The van der Waals surface area contributed by atoms with E-state index in [1.54, 1.807) is 18.2 Å². The van der Waals surface area contributed by atoms with E-state index in [0.29, 0.717) is 18.8 Å². The average molecular weight is 248 g/mol. The van der Waals surface area contributed by atoms with Crippen molar-refractivity contribution in [2.75, 3.05) is 25.1 Å². The minimum atomic E-state index is -0.365.